The largest absolute Gasteiger partial charge is 0.303 e. The lowest BCUT2D eigenvalue weighted by atomic mass is 9.74. The van der Waals surface area contributed by atoms with Crippen LogP contribution < -0.4 is 4.31 Å². The number of hydrogen-bond acceptors (Lipinski definition) is 6. The standard InChI is InChI=1S/C25H33N3O5S2/c1-4-10-23-20(5-2)24(29)27(35(23,32)33)16-9-8-15-26-17-13-25(14-18-26)19-28(34(3,30)31)22-12-7-6-11-21(22)25/h4-7,10-12H,2,8-9,13-19H2,1,3H3/b10-4-. The molecule has 0 bridgehead atoms. The molecule has 1 spiro atoms. The summed E-state index contributed by atoms with van der Waals surface area (Å²) in [5.41, 5.74) is 1.88. The van der Waals surface area contributed by atoms with Crippen LogP contribution in [0.15, 0.2) is 59.6 Å². The lowest BCUT2D eigenvalue weighted by molar-refractivity contribution is -0.121. The molecular weight excluding hydrogens is 486 g/mol. The third-order valence-electron chi connectivity index (χ3n) is 7.30. The number of hydrogen-bond donors (Lipinski definition) is 0. The van der Waals surface area contributed by atoms with Gasteiger partial charge < -0.3 is 4.90 Å². The number of benzene rings is 1. The van der Waals surface area contributed by atoms with Crippen LogP contribution in [0.25, 0.3) is 0 Å². The van der Waals surface area contributed by atoms with Crippen molar-refractivity contribution in [2.75, 3.05) is 43.3 Å². The first kappa shape index (κ1) is 25.7. The third kappa shape index (κ3) is 4.59. The second kappa shape index (κ2) is 9.55. The van der Waals surface area contributed by atoms with Gasteiger partial charge in [0.25, 0.3) is 15.9 Å². The highest BCUT2D eigenvalue weighted by Gasteiger charge is 2.47. The van der Waals surface area contributed by atoms with E-state index in [4.69, 9.17) is 0 Å². The molecular formula is C25H33N3O5S2. The fourth-order valence-electron chi connectivity index (χ4n) is 5.45. The Hall–Kier alpha value is -2.43. The van der Waals surface area contributed by atoms with Gasteiger partial charge in [0.2, 0.25) is 10.0 Å². The second-order valence-corrected chi connectivity index (χ2v) is 13.2. The van der Waals surface area contributed by atoms with Gasteiger partial charge in [-0.3, -0.25) is 9.10 Å². The fourth-order valence-corrected chi connectivity index (χ4v) is 8.13. The molecule has 0 radical (unpaired) electrons. The predicted molar refractivity (Wildman–Crippen MR) is 138 cm³/mol. The Kier molecular flexibility index (Phi) is 7.00. The quantitative estimate of drug-likeness (QED) is 0.490. The summed E-state index contributed by atoms with van der Waals surface area (Å²) in [4.78, 5) is 15.0. The predicted octanol–water partition coefficient (Wildman–Crippen LogP) is 2.77. The number of carbonyl (C=O) groups is 1. The first-order valence-corrected chi connectivity index (χ1v) is 15.2. The van der Waals surface area contributed by atoms with Crippen LogP contribution in [-0.2, 0) is 30.3 Å². The van der Waals surface area contributed by atoms with Crippen molar-refractivity contribution < 1.29 is 21.6 Å². The number of nitrogens with zero attached hydrogens (tertiary/aromatic N) is 3. The molecule has 1 aromatic carbocycles. The summed E-state index contributed by atoms with van der Waals surface area (Å²) >= 11 is 0. The van der Waals surface area contributed by atoms with Gasteiger partial charge in [-0.2, -0.15) is 0 Å². The Morgan fingerprint density at radius 2 is 1.77 bits per heavy atom. The van der Waals surface area contributed by atoms with Gasteiger partial charge in [-0.25, -0.2) is 21.1 Å². The molecule has 1 fully saturated rings. The Morgan fingerprint density at radius 1 is 1.11 bits per heavy atom. The molecule has 35 heavy (non-hydrogen) atoms. The summed E-state index contributed by atoms with van der Waals surface area (Å²) in [7, 11) is -7.16. The molecule has 0 saturated carbocycles. The van der Waals surface area contributed by atoms with E-state index < -0.39 is 26.0 Å². The number of unbranched alkanes of at least 4 members (excludes halogenated alkanes) is 1. The highest BCUT2D eigenvalue weighted by Crippen LogP contribution is 2.47. The minimum Gasteiger partial charge on any atom is -0.303 e. The third-order valence-corrected chi connectivity index (χ3v) is 10.3. The monoisotopic (exact) mass is 519 g/mol. The molecule has 1 saturated heterocycles. The molecule has 190 valence electrons. The number of rotatable bonds is 8. The first-order chi connectivity index (χ1) is 16.5. The number of fused-ring (bicyclic) bond motifs is 2. The molecule has 3 heterocycles. The van der Waals surface area contributed by atoms with E-state index in [9.17, 15) is 21.6 Å². The average Bonchev–Trinajstić information content (AvgIpc) is 3.23. The van der Waals surface area contributed by atoms with Crippen LogP contribution in [0.3, 0.4) is 0 Å². The number of sulfonamides is 2. The fraction of sp³-hybridized carbons (Fsp3) is 0.480. The van der Waals surface area contributed by atoms with Crippen LogP contribution in [0, 0.1) is 0 Å². The zero-order valence-electron chi connectivity index (χ0n) is 20.3. The molecule has 8 nitrogen and oxygen atoms in total. The van der Waals surface area contributed by atoms with Crippen LogP contribution >= 0.6 is 0 Å². The maximum Gasteiger partial charge on any atom is 0.268 e. The number of para-hydroxylation sites is 1. The first-order valence-electron chi connectivity index (χ1n) is 11.9. The zero-order valence-corrected chi connectivity index (χ0v) is 21.9. The van der Waals surface area contributed by atoms with Gasteiger partial charge in [0, 0.05) is 18.5 Å². The Bertz CT molecular complexity index is 1290. The summed E-state index contributed by atoms with van der Waals surface area (Å²) in [5, 5.41) is 0. The normalized spacial score (nSPS) is 21.9. The van der Waals surface area contributed by atoms with Crippen molar-refractivity contribution in [2.24, 2.45) is 0 Å². The maximum atomic E-state index is 12.8. The van der Waals surface area contributed by atoms with Gasteiger partial charge in [-0.05, 0) is 69.9 Å². The molecule has 1 aromatic rings. The number of carbonyl (C=O) groups excluding carboxylic acids is 1. The molecule has 3 aliphatic heterocycles. The van der Waals surface area contributed by atoms with Crippen molar-refractivity contribution in [1.82, 2.24) is 9.21 Å². The van der Waals surface area contributed by atoms with Crippen molar-refractivity contribution in [3.8, 4) is 0 Å². The topological polar surface area (TPSA) is 95.1 Å². The maximum absolute atomic E-state index is 12.8. The number of amides is 1. The highest BCUT2D eigenvalue weighted by atomic mass is 32.2. The van der Waals surface area contributed by atoms with Crippen molar-refractivity contribution in [3.63, 3.8) is 0 Å². The molecule has 0 aromatic heterocycles. The highest BCUT2D eigenvalue weighted by molar-refractivity contribution is 7.94. The van der Waals surface area contributed by atoms with E-state index >= 15 is 0 Å². The van der Waals surface area contributed by atoms with E-state index in [1.807, 2.05) is 18.2 Å². The molecule has 0 N–H and O–H groups in total. The van der Waals surface area contributed by atoms with Crippen molar-refractivity contribution >= 4 is 31.6 Å². The van der Waals surface area contributed by atoms with Crippen molar-refractivity contribution in [2.45, 2.75) is 38.0 Å². The number of likely N-dealkylation sites (tertiary alicyclic amines) is 1. The van der Waals surface area contributed by atoms with E-state index in [2.05, 4.69) is 17.5 Å². The van der Waals surface area contributed by atoms with Crippen LogP contribution in [0.2, 0.25) is 0 Å². The van der Waals surface area contributed by atoms with Crippen LogP contribution in [0.5, 0.6) is 0 Å². The smallest absolute Gasteiger partial charge is 0.268 e. The second-order valence-electron chi connectivity index (χ2n) is 9.48. The van der Waals surface area contributed by atoms with Gasteiger partial charge in [0.05, 0.1) is 17.5 Å². The summed E-state index contributed by atoms with van der Waals surface area (Å²) < 4.78 is 52.8. The lowest BCUT2D eigenvalue weighted by Crippen LogP contribution is -2.46. The summed E-state index contributed by atoms with van der Waals surface area (Å²) in [6, 6.07) is 7.79. The summed E-state index contributed by atoms with van der Waals surface area (Å²) in [6.07, 6.45) is 8.70. The van der Waals surface area contributed by atoms with Crippen molar-refractivity contribution in [1.29, 1.82) is 0 Å². The van der Waals surface area contributed by atoms with E-state index in [-0.39, 0.29) is 22.4 Å². The molecule has 1 amide bonds. The van der Waals surface area contributed by atoms with Gasteiger partial charge in [-0.1, -0.05) is 36.9 Å². The molecule has 0 atom stereocenters. The summed E-state index contributed by atoms with van der Waals surface area (Å²) in [6.45, 7) is 8.44. The zero-order chi connectivity index (χ0) is 25.4. The minimum atomic E-state index is -3.83. The molecule has 0 aliphatic carbocycles. The van der Waals surface area contributed by atoms with Gasteiger partial charge >= 0.3 is 0 Å². The Labute approximate surface area is 208 Å². The van der Waals surface area contributed by atoms with Crippen LogP contribution in [-0.4, -0.2) is 70.9 Å². The van der Waals surface area contributed by atoms with Gasteiger partial charge in [0.1, 0.15) is 4.91 Å². The number of anilines is 1. The molecule has 3 aliphatic rings. The SMILES string of the molecule is C=CC1=C(/C=C\C)S(=O)(=O)N(CCCCN2CCC3(CC2)CN(S(C)(=O)=O)c2ccccc23)C1=O. The van der Waals surface area contributed by atoms with Crippen molar-refractivity contribution in [3.05, 3.63) is 65.1 Å². The average molecular weight is 520 g/mol. The van der Waals surface area contributed by atoms with E-state index in [1.165, 1.54) is 18.4 Å². The van der Waals surface area contributed by atoms with Crippen LogP contribution in [0.1, 0.15) is 38.2 Å². The number of piperidine rings is 1. The Balaban J connectivity index is 1.32. The Morgan fingerprint density at radius 3 is 2.40 bits per heavy atom. The molecule has 10 heteroatoms. The number of allylic oxidation sites excluding steroid dienone is 2. The minimum absolute atomic E-state index is 0.0151. The summed E-state index contributed by atoms with van der Waals surface area (Å²) in [5.74, 6) is -0.511. The van der Waals surface area contributed by atoms with E-state index in [0.717, 1.165) is 54.5 Å². The van der Waals surface area contributed by atoms with Crippen LogP contribution in [0.4, 0.5) is 5.69 Å². The molecule has 4 rings (SSSR count). The van der Waals surface area contributed by atoms with Gasteiger partial charge in [0.15, 0.2) is 0 Å². The lowest BCUT2D eigenvalue weighted by Gasteiger charge is -2.40. The van der Waals surface area contributed by atoms with Gasteiger partial charge in [-0.15, -0.1) is 0 Å². The molecule has 0 unspecified atom stereocenters. The van der Waals surface area contributed by atoms with E-state index in [1.54, 1.807) is 17.3 Å². The van der Waals surface area contributed by atoms with E-state index in [0.29, 0.717) is 13.0 Å².